The molecule has 0 bridgehead atoms. The molecular weight excluding hydrogens is 448 g/mol. The number of amides is 1. The molecule has 1 aliphatic heterocycles. The van der Waals surface area contributed by atoms with E-state index in [9.17, 15) is 14.7 Å². The summed E-state index contributed by atoms with van der Waals surface area (Å²) in [4.78, 5) is 28.9. The lowest BCUT2D eigenvalue weighted by Gasteiger charge is -2.29. The average Bonchev–Trinajstić information content (AvgIpc) is 3.11. The first kappa shape index (κ1) is 26.1. The summed E-state index contributed by atoms with van der Waals surface area (Å²) in [6.45, 7) is 3.58. The van der Waals surface area contributed by atoms with Gasteiger partial charge < -0.3 is 29.1 Å². The molecule has 8 nitrogen and oxygen atoms in total. The minimum Gasteiger partial charge on any atom is -0.872 e. The van der Waals surface area contributed by atoms with Gasteiger partial charge in [0.2, 0.25) is 5.78 Å². The van der Waals surface area contributed by atoms with Crippen LogP contribution in [0.5, 0.6) is 17.2 Å². The highest BCUT2D eigenvalue weighted by Gasteiger charge is 2.45. The molecule has 0 aromatic heterocycles. The summed E-state index contributed by atoms with van der Waals surface area (Å²) in [6, 6.07) is 11.0. The molecule has 2 aromatic rings. The zero-order chi connectivity index (χ0) is 25.5. The zero-order valence-electron chi connectivity index (χ0n) is 21.1. The Labute approximate surface area is 206 Å². The quantitative estimate of drug-likeness (QED) is 0.224. The molecule has 35 heavy (non-hydrogen) atoms. The molecule has 0 radical (unpaired) electrons. The minimum atomic E-state index is -0.882. The Bertz CT molecular complexity index is 1080. The fourth-order valence-corrected chi connectivity index (χ4v) is 4.09. The van der Waals surface area contributed by atoms with Crippen LogP contribution in [0.2, 0.25) is 0 Å². The molecule has 1 unspecified atom stereocenters. The Hall–Kier alpha value is -3.52. The first-order valence-electron chi connectivity index (χ1n) is 11.8. The van der Waals surface area contributed by atoms with Gasteiger partial charge in [-0.15, -0.1) is 0 Å². The van der Waals surface area contributed by atoms with E-state index >= 15 is 0 Å². The van der Waals surface area contributed by atoms with Crippen LogP contribution in [0.1, 0.15) is 36.9 Å². The van der Waals surface area contributed by atoms with Gasteiger partial charge in [-0.05, 0) is 30.2 Å². The summed E-state index contributed by atoms with van der Waals surface area (Å²) in [5.74, 6) is -0.482. The van der Waals surface area contributed by atoms with Crippen LogP contribution in [-0.2, 0) is 9.59 Å². The van der Waals surface area contributed by atoms with Gasteiger partial charge in [0.1, 0.15) is 5.75 Å². The third-order valence-electron chi connectivity index (χ3n) is 5.99. The minimum absolute atomic E-state index is 0.0880. The van der Waals surface area contributed by atoms with Gasteiger partial charge in [0, 0.05) is 11.1 Å². The van der Waals surface area contributed by atoms with E-state index in [1.54, 1.807) is 42.5 Å². The topological polar surface area (TPSA) is 92.6 Å². The number of nitrogens with zero attached hydrogens (tertiary/aromatic N) is 1. The Balaban J connectivity index is 2.11. The van der Waals surface area contributed by atoms with Crippen molar-refractivity contribution >= 4 is 17.4 Å². The summed E-state index contributed by atoms with van der Waals surface area (Å²) in [6.07, 6.45) is 1.95. The predicted molar refractivity (Wildman–Crippen MR) is 130 cm³/mol. The highest BCUT2D eigenvalue weighted by molar-refractivity contribution is 6.46. The maximum Gasteiger partial charge on any atom is 0.295 e. The number of hydrogen-bond donors (Lipinski definition) is 1. The van der Waals surface area contributed by atoms with Crippen molar-refractivity contribution in [3.05, 3.63) is 59.2 Å². The Morgan fingerprint density at radius 3 is 2.37 bits per heavy atom. The van der Waals surface area contributed by atoms with E-state index in [2.05, 4.69) is 6.92 Å². The second kappa shape index (κ2) is 11.8. The van der Waals surface area contributed by atoms with Crippen molar-refractivity contribution in [1.82, 2.24) is 4.90 Å². The molecule has 1 N–H and O–H groups in total. The number of likely N-dealkylation sites (N-methyl/N-ethyl adjacent to an activating group) is 1. The van der Waals surface area contributed by atoms with E-state index in [-0.39, 0.29) is 5.57 Å². The lowest BCUT2D eigenvalue weighted by atomic mass is 9.94. The number of likely N-dealkylation sites (tertiary alicyclic amines) is 1. The van der Waals surface area contributed by atoms with Crippen molar-refractivity contribution in [3.63, 3.8) is 0 Å². The van der Waals surface area contributed by atoms with E-state index in [1.165, 1.54) is 19.1 Å². The summed E-state index contributed by atoms with van der Waals surface area (Å²) in [5, 5.41) is 13.6. The van der Waals surface area contributed by atoms with Gasteiger partial charge in [-0.1, -0.05) is 43.4 Å². The largest absolute Gasteiger partial charge is 0.872 e. The maximum atomic E-state index is 13.6. The molecule has 1 aliphatic rings. The Morgan fingerprint density at radius 2 is 1.77 bits per heavy atom. The monoisotopic (exact) mass is 482 g/mol. The lowest BCUT2D eigenvalue weighted by molar-refractivity contribution is -0.857. The molecule has 0 spiro atoms. The number of unbranched alkanes of at least 4 members (excludes halogenated alkanes) is 1. The number of para-hydroxylation sites is 1. The van der Waals surface area contributed by atoms with Crippen LogP contribution in [0.25, 0.3) is 5.76 Å². The van der Waals surface area contributed by atoms with Crippen LogP contribution in [0.15, 0.2) is 48.0 Å². The highest BCUT2D eigenvalue weighted by Crippen LogP contribution is 2.44. The summed E-state index contributed by atoms with van der Waals surface area (Å²) in [5.41, 5.74) is 0.758. The fraction of sp³-hybridized carbons (Fsp3) is 0.407. The zero-order valence-corrected chi connectivity index (χ0v) is 21.1. The van der Waals surface area contributed by atoms with Gasteiger partial charge in [-0.3, -0.25) is 9.59 Å². The van der Waals surface area contributed by atoms with Crippen LogP contribution in [-0.4, -0.2) is 64.6 Å². The van der Waals surface area contributed by atoms with Gasteiger partial charge in [-0.25, -0.2) is 0 Å². The van der Waals surface area contributed by atoms with Crippen LogP contribution in [0.3, 0.4) is 0 Å². The number of ether oxygens (including phenoxy) is 3. The van der Waals surface area contributed by atoms with E-state index in [0.717, 1.165) is 17.7 Å². The van der Waals surface area contributed by atoms with Crippen LogP contribution < -0.4 is 24.2 Å². The van der Waals surface area contributed by atoms with Crippen molar-refractivity contribution in [2.24, 2.45) is 0 Å². The first-order chi connectivity index (χ1) is 16.8. The summed E-state index contributed by atoms with van der Waals surface area (Å²) < 4.78 is 16.7. The van der Waals surface area contributed by atoms with Gasteiger partial charge in [0.25, 0.3) is 5.91 Å². The number of rotatable bonds is 11. The fourth-order valence-electron chi connectivity index (χ4n) is 4.09. The van der Waals surface area contributed by atoms with Crippen molar-refractivity contribution in [1.29, 1.82) is 0 Å². The molecule has 0 aliphatic carbocycles. The van der Waals surface area contributed by atoms with Gasteiger partial charge in [-0.2, -0.15) is 0 Å². The van der Waals surface area contributed by atoms with Crippen LogP contribution in [0, 0.1) is 0 Å². The van der Waals surface area contributed by atoms with Crippen molar-refractivity contribution in [2.75, 3.05) is 48.0 Å². The lowest BCUT2D eigenvalue weighted by Crippen LogP contribution is -3.06. The van der Waals surface area contributed by atoms with Gasteiger partial charge >= 0.3 is 0 Å². The third-order valence-corrected chi connectivity index (χ3v) is 5.99. The predicted octanol–water partition coefficient (Wildman–Crippen LogP) is 1.25. The van der Waals surface area contributed by atoms with Gasteiger partial charge in [0.15, 0.2) is 11.5 Å². The van der Waals surface area contributed by atoms with E-state index in [4.69, 9.17) is 14.2 Å². The molecule has 1 fully saturated rings. The van der Waals surface area contributed by atoms with Crippen LogP contribution in [0.4, 0.5) is 0 Å². The van der Waals surface area contributed by atoms with Gasteiger partial charge in [0.05, 0.1) is 54.1 Å². The normalized spacial score (nSPS) is 17.2. The molecular formula is C27H34N2O6. The first-order valence-corrected chi connectivity index (χ1v) is 11.8. The van der Waals surface area contributed by atoms with Crippen molar-refractivity contribution < 1.29 is 33.8 Å². The molecule has 0 saturated carbocycles. The molecule has 1 saturated heterocycles. The number of Topliss-reactive ketones (excluding diaryl/α,β-unsaturated/α-hetero) is 1. The van der Waals surface area contributed by atoms with E-state index in [0.29, 0.717) is 48.1 Å². The molecule has 3 rings (SSSR count). The number of quaternary nitrogens is 1. The second-order valence-corrected chi connectivity index (χ2v) is 8.74. The average molecular weight is 483 g/mol. The number of hydrogen-bond acceptors (Lipinski definition) is 6. The number of methoxy groups -OCH3 is 2. The number of benzene rings is 2. The number of nitrogens with one attached hydrogen (secondary N) is 1. The Morgan fingerprint density at radius 1 is 1.06 bits per heavy atom. The second-order valence-electron chi connectivity index (χ2n) is 8.74. The SMILES string of the molecule is CCCCOc1ccc(/C([O-])=C2\C(=O)C(=O)N(CC[NH+](C)C)C2c2cccc(OC)c2OC)cc1. The van der Waals surface area contributed by atoms with E-state index < -0.39 is 23.5 Å². The number of carbonyl (C=O) groups is 2. The standard InChI is InChI=1S/C27H34N2O6/c1-6-7-17-35-19-13-11-18(12-14-19)24(30)22-23(20-9-8-10-21(33-4)26(20)34-5)29(16-15-28(2)3)27(32)25(22)31/h8-14,23,30H,6-7,15-17H2,1-5H3/b24-22+. The molecule has 1 amide bonds. The van der Waals surface area contributed by atoms with E-state index in [1.807, 2.05) is 14.1 Å². The molecule has 2 aromatic carbocycles. The number of ketones is 1. The summed E-state index contributed by atoms with van der Waals surface area (Å²) in [7, 11) is 6.93. The highest BCUT2D eigenvalue weighted by atomic mass is 16.5. The van der Waals surface area contributed by atoms with Crippen molar-refractivity contribution in [3.8, 4) is 17.2 Å². The summed E-state index contributed by atoms with van der Waals surface area (Å²) >= 11 is 0. The van der Waals surface area contributed by atoms with Crippen LogP contribution >= 0.6 is 0 Å². The number of carbonyl (C=O) groups excluding carboxylic acids is 2. The van der Waals surface area contributed by atoms with Crippen molar-refractivity contribution in [2.45, 2.75) is 25.8 Å². The third kappa shape index (κ3) is 5.59. The molecule has 188 valence electrons. The Kier molecular flexibility index (Phi) is 8.76. The molecule has 1 heterocycles. The maximum absolute atomic E-state index is 13.6. The molecule has 1 atom stereocenters. The smallest absolute Gasteiger partial charge is 0.295 e. The molecule has 8 heteroatoms.